The second-order valence-electron chi connectivity index (χ2n) is 3.17. The zero-order valence-electron chi connectivity index (χ0n) is 8.07. The first-order chi connectivity index (χ1) is 7.50. The van der Waals surface area contributed by atoms with Gasteiger partial charge >= 0.3 is 6.18 Å². The number of benzene rings is 1. The van der Waals surface area contributed by atoms with Gasteiger partial charge in [-0.1, -0.05) is 12.1 Å². The van der Waals surface area contributed by atoms with E-state index in [1.807, 2.05) is 0 Å². The highest BCUT2D eigenvalue weighted by molar-refractivity contribution is 5.47. The van der Waals surface area contributed by atoms with Crippen molar-refractivity contribution >= 4 is 5.95 Å². The van der Waals surface area contributed by atoms with E-state index in [1.54, 1.807) is 0 Å². The summed E-state index contributed by atoms with van der Waals surface area (Å²) >= 11 is 0. The van der Waals surface area contributed by atoms with Crippen molar-refractivity contribution in [2.45, 2.75) is 6.18 Å². The van der Waals surface area contributed by atoms with Crippen molar-refractivity contribution in [2.75, 3.05) is 5.73 Å². The molecule has 0 saturated heterocycles. The largest absolute Gasteiger partial charge is 0.418 e. The Bertz CT molecular complexity index is 502. The van der Waals surface area contributed by atoms with Crippen LogP contribution in [0.2, 0.25) is 0 Å². The normalized spacial score (nSPS) is 11.7. The fourth-order valence-electron chi connectivity index (χ4n) is 1.44. The maximum atomic E-state index is 12.7. The van der Waals surface area contributed by atoms with Crippen LogP contribution >= 0.6 is 0 Å². The molecule has 1 heterocycles. The molecule has 0 aliphatic rings. The highest BCUT2D eigenvalue weighted by atomic mass is 19.4. The molecule has 1 aromatic heterocycles. The third-order valence-corrected chi connectivity index (χ3v) is 2.14. The molecular weight excluding hydrogens is 219 g/mol. The maximum Gasteiger partial charge on any atom is 0.418 e. The second kappa shape index (κ2) is 3.55. The summed E-state index contributed by atoms with van der Waals surface area (Å²) in [7, 11) is 0. The molecule has 0 spiro atoms. The first-order valence-electron chi connectivity index (χ1n) is 4.45. The van der Waals surface area contributed by atoms with E-state index in [9.17, 15) is 13.2 Å². The van der Waals surface area contributed by atoms with Crippen LogP contribution in [0.5, 0.6) is 0 Å². The van der Waals surface area contributed by atoms with Crippen molar-refractivity contribution in [2.24, 2.45) is 0 Å². The highest BCUT2D eigenvalue weighted by Crippen LogP contribution is 2.34. The molecule has 16 heavy (non-hydrogen) atoms. The molecule has 0 atom stereocenters. The van der Waals surface area contributed by atoms with Crippen molar-refractivity contribution in [3.8, 4) is 5.69 Å². The van der Waals surface area contributed by atoms with Gasteiger partial charge in [-0.15, -0.1) is 0 Å². The molecule has 6 heteroatoms. The number of hydrogen-bond acceptors (Lipinski definition) is 2. The molecular formula is C10H8F3N3. The van der Waals surface area contributed by atoms with Gasteiger partial charge in [0.05, 0.1) is 11.3 Å². The van der Waals surface area contributed by atoms with Crippen LogP contribution in [0.15, 0.2) is 36.7 Å². The number of para-hydroxylation sites is 1. The number of alkyl halides is 3. The van der Waals surface area contributed by atoms with Crippen LogP contribution in [-0.4, -0.2) is 9.55 Å². The van der Waals surface area contributed by atoms with Crippen LogP contribution < -0.4 is 5.73 Å². The third kappa shape index (κ3) is 1.73. The molecule has 84 valence electrons. The van der Waals surface area contributed by atoms with Crippen LogP contribution in [0.4, 0.5) is 19.1 Å². The van der Waals surface area contributed by atoms with Gasteiger partial charge in [0.2, 0.25) is 5.95 Å². The van der Waals surface area contributed by atoms with E-state index in [0.29, 0.717) is 0 Å². The van der Waals surface area contributed by atoms with Gasteiger partial charge in [-0.2, -0.15) is 13.2 Å². The van der Waals surface area contributed by atoms with Gasteiger partial charge in [-0.25, -0.2) is 4.98 Å². The van der Waals surface area contributed by atoms with E-state index in [-0.39, 0.29) is 11.6 Å². The molecule has 0 aliphatic carbocycles. The Balaban J connectivity index is 2.62. The van der Waals surface area contributed by atoms with Crippen LogP contribution in [0, 0.1) is 0 Å². The summed E-state index contributed by atoms with van der Waals surface area (Å²) < 4.78 is 39.3. The van der Waals surface area contributed by atoms with Gasteiger partial charge in [-0.05, 0) is 12.1 Å². The predicted octanol–water partition coefficient (Wildman–Crippen LogP) is 2.47. The minimum Gasteiger partial charge on any atom is -0.369 e. The van der Waals surface area contributed by atoms with E-state index in [4.69, 9.17) is 5.73 Å². The van der Waals surface area contributed by atoms with Gasteiger partial charge in [0.15, 0.2) is 0 Å². The lowest BCUT2D eigenvalue weighted by molar-refractivity contribution is -0.137. The molecule has 0 fully saturated rings. The Morgan fingerprint density at radius 1 is 1.19 bits per heavy atom. The zero-order valence-corrected chi connectivity index (χ0v) is 8.07. The maximum absolute atomic E-state index is 12.7. The summed E-state index contributed by atoms with van der Waals surface area (Å²) in [5.41, 5.74) is 4.71. The first kappa shape index (κ1) is 10.5. The van der Waals surface area contributed by atoms with E-state index in [1.165, 1.54) is 35.2 Å². The van der Waals surface area contributed by atoms with Crippen LogP contribution in [0.25, 0.3) is 5.69 Å². The number of nitrogen functional groups attached to an aromatic ring is 1. The number of hydrogen-bond donors (Lipinski definition) is 1. The van der Waals surface area contributed by atoms with E-state index in [2.05, 4.69) is 4.98 Å². The van der Waals surface area contributed by atoms with Crippen molar-refractivity contribution in [1.82, 2.24) is 9.55 Å². The Morgan fingerprint density at radius 2 is 1.88 bits per heavy atom. The van der Waals surface area contributed by atoms with Crippen molar-refractivity contribution < 1.29 is 13.2 Å². The lowest BCUT2D eigenvalue weighted by atomic mass is 10.1. The monoisotopic (exact) mass is 227 g/mol. The average Bonchev–Trinajstić information content (AvgIpc) is 2.63. The lowest BCUT2D eigenvalue weighted by Gasteiger charge is -2.13. The van der Waals surface area contributed by atoms with E-state index in [0.717, 1.165) is 6.07 Å². The standard InChI is InChI=1S/C10H8F3N3/c11-10(12,13)7-3-1-2-4-8(7)16-6-5-15-9(16)14/h1-6H,(H2,14,15). The number of nitrogens with zero attached hydrogens (tertiary/aromatic N) is 2. The molecule has 0 amide bonds. The fraction of sp³-hybridized carbons (Fsp3) is 0.100. The highest BCUT2D eigenvalue weighted by Gasteiger charge is 2.33. The number of halogens is 3. The predicted molar refractivity (Wildman–Crippen MR) is 53.0 cm³/mol. The smallest absolute Gasteiger partial charge is 0.369 e. The quantitative estimate of drug-likeness (QED) is 0.813. The summed E-state index contributed by atoms with van der Waals surface area (Å²) in [5.74, 6) is 0.0247. The second-order valence-corrected chi connectivity index (χ2v) is 3.17. The molecule has 0 aliphatic heterocycles. The van der Waals surface area contributed by atoms with Gasteiger partial charge in [0.25, 0.3) is 0 Å². The minimum atomic E-state index is -4.41. The molecule has 0 unspecified atom stereocenters. The Morgan fingerprint density at radius 3 is 2.44 bits per heavy atom. The van der Waals surface area contributed by atoms with Crippen molar-refractivity contribution in [1.29, 1.82) is 0 Å². The zero-order chi connectivity index (χ0) is 11.8. The van der Waals surface area contributed by atoms with Gasteiger partial charge in [0, 0.05) is 12.4 Å². The number of nitrogens with two attached hydrogens (primary N) is 1. The molecule has 3 nitrogen and oxygen atoms in total. The molecule has 0 saturated carbocycles. The summed E-state index contributed by atoms with van der Waals surface area (Å²) in [6, 6.07) is 5.21. The van der Waals surface area contributed by atoms with Crippen molar-refractivity contribution in [3.63, 3.8) is 0 Å². The molecule has 0 bridgehead atoms. The fourth-order valence-corrected chi connectivity index (χ4v) is 1.44. The number of aromatic nitrogens is 2. The van der Waals surface area contributed by atoms with Gasteiger partial charge in [0.1, 0.15) is 0 Å². The topological polar surface area (TPSA) is 43.8 Å². The molecule has 2 rings (SSSR count). The van der Waals surface area contributed by atoms with Crippen LogP contribution in [0.1, 0.15) is 5.56 Å². The van der Waals surface area contributed by atoms with E-state index >= 15 is 0 Å². The lowest BCUT2D eigenvalue weighted by Crippen LogP contribution is -2.11. The molecule has 2 N–H and O–H groups in total. The van der Waals surface area contributed by atoms with Crippen LogP contribution in [0.3, 0.4) is 0 Å². The average molecular weight is 227 g/mol. The molecule has 0 radical (unpaired) electrons. The third-order valence-electron chi connectivity index (χ3n) is 2.14. The van der Waals surface area contributed by atoms with Gasteiger partial charge in [-0.3, -0.25) is 4.57 Å². The Hall–Kier alpha value is -1.98. The van der Waals surface area contributed by atoms with Gasteiger partial charge < -0.3 is 5.73 Å². The number of anilines is 1. The van der Waals surface area contributed by atoms with Crippen molar-refractivity contribution in [3.05, 3.63) is 42.2 Å². The summed E-state index contributed by atoms with van der Waals surface area (Å²) in [5, 5.41) is 0. The SMILES string of the molecule is Nc1nccn1-c1ccccc1C(F)(F)F. The summed E-state index contributed by atoms with van der Waals surface area (Å²) in [4.78, 5) is 3.69. The minimum absolute atomic E-state index is 0.0231. The molecule has 2 aromatic rings. The Kier molecular flexibility index (Phi) is 2.34. The summed E-state index contributed by atoms with van der Waals surface area (Å²) in [6.45, 7) is 0. The number of imidazole rings is 1. The summed E-state index contributed by atoms with van der Waals surface area (Å²) in [6.07, 6.45) is -1.67. The molecule has 1 aromatic carbocycles. The number of rotatable bonds is 1. The van der Waals surface area contributed by atoms with E-state index < -0.39 is 11.7 Å². The van der Waals surface area contributed by atoms with Crippen LogP contribution in [-0.2, 0) is 6.18 Å². The Labute approximate surface area is 89.3 Å². The first-order valence-corrected chi connectivity index (χ1v) is 4.45.